The van der Waals surface area contributed by atoms with Gasteiger partial charge in [0.25, 0.3) is 0 Å². The summed E-state index contributed by atoms with van der Waals surface area (Å²) in [5.74, 6) is 1.37. The number of nitrogens with zero attached hydrogens (tertiary/aromatic N) is 3. The van der Waals surface area contributed by atoms with Gasteiger partial charge < -0.3 is 14.5 Å². The average molecular weight is 401 g/mol. The number of benzene rings is 2. The fraction of sp³-hybridized carbons (Fsp3) is 0.300. The van der Waals surface area contributed by atoms with Crippen LogP contribution in [0.3, 0.4) is 0 Å². The predicted octanol–water partition coefficient (Wildman–Crippen LogP) is 2.12. The number of halogens is 1. The molecular weight excluding hydrogens is 377 g/mol. The van der Waals surface area contributed by atoms with Gasteiger partial charge in [-0.15, -0.1) is 0 Å². The molecule has 28 heavy (non-hydrogen) atoms. The number of quaternary nitrogens is 1. The number of aromatic amines is 1. The van der Waals surface area contributed by atoms with Gasteiger partial charge in [-0.2, -0.15) is 4.98 Å². The Morgan fingerprint density at radius 2 is 1.79 bits per heavy atom. The second kappa shape index (κ2) is 8.12. The van der Waals surface area contributed by atoms with E-state index in [0.29, 0.717) is 4.77 Å². The summed E-state index contributed by atoms with van der Waals surface area (Å²) in [7, 11) is 1.65. The summed E-state index contributed by atoms with van der Waals surface area (Å²) in [5.41, 5.74) is 2.04. The summed E-state index contributed by atoms with van der Waals surface area (Å²) in [6.45, 7) is 4.56. The summed E-state index contributed by atoms with van der Waals surface area (Å²) in [5, 5.41) is 3.32. The zero-order valence-corrected chi connectivity index (χ0v) is 16.5. The molecule has 1 aliphatic rings. The predicted molar refractivity (Wildman–Crippen MR) is 109 cm³/mol. The van der Waals surface area contributed by atoms with Crippen LogP contribution in [0.25, 0.3) is 11.4 Å². The number of rotatable bonds is 5. The SMILES string of the molecule is COc1ccc(-c2nc(=S)n(C[NH+]3CCN(c4ccc(F)cc4)CC3)[nH]2)cc1. The topological polar surface area (TPSA) is 50.5 Å². The molecule has 146 valence electrons. The smallest absolute Gasteiger partial charge is 0.221 e. The van der Waals surface area contributed by atoms with Crippen LogP contribution in [0.1, 0.15) is 0 Å². The van der Waals surface area contributed by atoms with E-state index in [0.717, 1.165) is 55.7 Å². The first kappa shape index (κ1) is 18.6. The highest BCUT2D eigenvalue weighted by Crippen LogP contribution is 2.19. The van der Waals surface area contributed by atoms with Crippen molar-refractivity contribution in [2.75, 3.05) is 38.2 Å². The van der Waals surface area contributed by atoms with Gasteiger partial charge in [0, 0.05) is 11.3 Å². The van der Waals surface area contributed by atoms with Gasteiger partial charge in [-0.25, -0.2) is 9.07 Å². The largest absolute Gasteiger partial charge is 0.497 e. The van der Waals surface area contributed by atoms with Crippen molar-refractivity contribution in [3.05, 3.63) is 59.1 Å². The van der Waals surface area contributed by atoms with E-state index in [-0.39, 0.29) is 5.82 Å². The maximum Gasteiger partial charge on any atom is 0.221 e. The minimum Gasteiger partial charge on any atom is -0.497 e. The van der Waals surface area contributed by atoms with Crippen LogP contribution in [0.5, 0.6) is 5.75 Å². The highest BCUT2D eigenvalue weighted by atomic mass is 32.1. The Morgan fingerprint density at radius 1 is 1.11 bits per heavy atom. The standard InChI is InChI=1S/C20H22FN5OS/c1-27-18-8-2-15(3-9-18)19-22-20(28)26(23-19)14-24-10-12-25(13-11-24)17-6-4-16(21)5-7-17/h2-9H,10-14H2,1H3,(H,22,23,28)/p+1. The van der Waals surface area contributed by atoms with Crippen LogP contribution in [0.2, 0.25) is 0 Å². The van der Waals surface area contributed by atoms with Crippen molar-refractivity contribution in [3.63, 3.8) is 0 Å². The van der Waals surface area contributed by atoms with E-state index in [1.54, 1.807) is 7.11 Å². The second-order valence-corrected chi connectivity index (χ2v) is 7.25. The monoisotopic (exact) mass is 400 g/mol. The highest BCUT2D eigenvalue weighted by Gasteiger charge is 2.21. The lowest BCUT2D eigenvalue weighted by Crippen LogP contribution is -3.14. The van der Waals surface area contributed by atoms with Crippen LogP contribution in [-0.2, 0) is 6.67 Å². The zero-order chi connectivity index (χ0) is 19.5. The summed E-state index contributed by atoms with van der Waals surface area (Å²) in [4.78, 5) is 8.21. The molecule has 3 aromatic rings. The van der Waals surface area contributed by atoms with Crippen molar-refractivity contribution < 1.29 is 14.0 Å². The summed E-state index contributed by atoms with van der Waals surface area (Å²) >= 11 is 5.44. The van der Waals surface area contributed by atoms with E-state index in [1.807, 2.05) is 41.1 Å². The number of hydrogen-bond acceptors (Lipinski definition) is 4. The third-order valence-corrected chi connectivity index (χ3v) is 5.40. The van der Waals surface area contributed by atoms with Gasteiger partial charge in [-0.05, 0) is 60.7 Å². The van der Waals surface area contributed by atoms with Gasteiger partial charge in [0.2, 0.25) is 4.77 Å². The molecule has 1 fully saturated rings. The van der Waals surface area contributed by atoms with Crippen LogP contribution in [0.4, 0.5) is 10.1 Å². The first-order valence-corrected chi connectivity index (χ1v) is 9.68. The maximum atomic E-state index is 13.1. The molecule has 0 radical (unpaired) electrons. The molecule has 2 heterocycles. The summed E-state index contributed by atoms with van der Waals surface area (Å²) < 4.78 is 20.8. The van der Waals surface area contributed by atoms with Crippen LogP contribution in [0, 0.1) is 10.6 Å². The fourth-order valence-corrected chi connectivity index (χ4v) is 3.66. The molecule has 6 nitrogen and oxygen atoms in total. The van der Waals surface area contributed by atoms with Crippen molar-refractivity contribution >= 4 is 17.9 Å². The average Bonchev–Trinajstić information content (AvgIpc) is 3.09. The number of aromatic nitrogens is 3. The molecular formula is C20H23FN5OS+. The van der Waals surface area contributed by atoms with E-state index in [4.69, 9.17) is 17.0 Å². The molecule has 2 N–H and O–H groups in total. The molecule has 0 saturated carbocycles. The van der Waals surface area contributed by atoms with Crippen LogP contribution in [-0.4, -0.2) is 48.1 Å². The molecule has 0 unspecified atom stereocenters. The minimum absolute atomic E-state index is 0.200. The Kier molecular flexibility index (Phi) is 5.40. The molecule has 4 rings (SSSR count). The van der Waals surface area contributed by atoms with E-state index in [1.165, 1.54) is 17.0 Å². The van der Waals surface area contributed by atoms with Crippen molar-refractivity contribution in [3.8, 4) is 17.1 Å². The number of hydrogen-bond donors (Lipinski definition) is 2. The normalized spacial score (nSPS) is 15.0. The van der Waals surface area contributed by atoms with Crippen LogP contribution in [0.15, 0.2) is 48.5 Å². The molecule has 8 heteroatoms. The lowest BCUT2D eigenvalue weighted by Gasteiger charge is -2.33. The van der Waals surface area contributed by atoms with Crippen molar-refractivity contribution in [2.45, 2.75) is 6.67 Å². The number of nitrogens with one attached hydrogen (secondary N) is 2. The third-order valence-electron chi connectivity index (χ3n) is 5.09. The van der Waals surface area contributed by atoms with Crippen molar-refractivity contribution in [1.29, 1.82) is 0 Å². The lowest BCUT2D eigenvalue weighted by molar-refractivity contribution is -0.924. The second-order valence-electron chi connectivity index (χ2n) is 6.88. The third kappa shape index (κ3) is 4.07. The zero-order valence-electron chi connectivity index (χ0n) is 15.7. The molecule has 1 aromatic heterocycles. The Labute approximate surface area is 168 Å². The summed E-state index contributed by atoms with van der Waals surface area (Å²) in [6.07, 6.45) is 0. The Hall–Kier alpha value is -2.71. The molecule has 0 aliphatic carbocycles. The molecule has 0 amide bonds. The van der Waals surface area contributed by atoms with Gasteiger partial charge in [0.15, 0.2) is 12.5 Å². The highest BCUT2D eigenvalue weighted by molar-refractivity contribution is 7.71. The minimum atomic E-state index is -0.200. The van der Waals surface area contributed by atoms with Crippen molar-refractivity contribution in [1.82, 2.24) is 14.8 Å². The Balaban J connectivity index is 1.39. The fourth-order valence-electron chi connectivity index (χ4n) is 3.46. The number of H-pyrrole nitrogens is 1. The number of anilines is 1. The van der Waals surface area contributed by atoms with Gasteiger partial charge in [0.05, 0.1) is 33.3 Å². The van der Waals surface area contributed by atoms with E-state index in [2.05, 4.69) is 15.0 Å². The van der Waals surface area contributed by atoms with Crippen molar-refractivity contribution in [2.24, 2.45) is 0 Å². The Bertz CT molecular complexity index is 975. The lowest BCUT2D eigenvalue weighted by atomic mass is 10.2. The molecule has 0 atom stereocenters. The van der Waals surface area contributed by atoms with Gasteiger partial charge in [-0.1, -0.05) is 0 Å². The molecule has 0 spiro atoms. The van der Waals surface area contributed by atoms with E-state index in [9.17, 15) is 4.39 Å². The first-order chi connectivity index (χ1) is 13.6. The number of piperazine rings is 1. The van der Waals surface area contributed by atoms with Gasteiger partial charge in [-0.3, -0.25) is 5.10 Å². The number of methoxy groups -OCH3 is 1. The molecule has 2 aromatic carbocycles. The first-order valence-electron chi connectivity index (χ1n) is 9.28. The summed E-state index contributed by atoms with van der Waals surface area (Å²) in [6, 6.07) is 14.4. The molecule has 0 bridgehead atoms. The Morgan fingerprint density at radius 3 is 2.43 bits per heavy atom. The van der Waals surface area contributed by atoms with Gasteiger partial charge >= 0.3 is 0 Å². The quantitative estimate of drug-likeness (QED) is 0.645. The van der Waals surface area contributed by atoms with E-state index >= 15 is 0 Å². The molecule has 1 saturated heterocycles. The molecule has 1 aliphatic heterocycles. The van der Waals surface area contributed by atoms with Crippen LogP contribution >= 0.6 is 12.2 Å². The number of ether oxygens (including phenoxy) is 1. The van der Waals surface area contributed by atoms with Crippen LogP contribution < -0.4 is 14.5 Å². The van der Waals surface area contributed by atoms with Gasteiger partial charge in [0.1, 0.15) is 11.6 Å². The van der Waals surface area contributed by atoms with E-state index < -0.39 is 0 Å². The maximum absolute atomic E-state index is 13.1.